The van der Waals surface area contributed by atoms with Crippen molar-refractivity contribution in [2.45, 2.75) is 19.4 Å². The van der Waals surface area contributed by atoms with Gasteiger partial charge in [0.25, 0.3) is 5.69 Å². The predicted molar refractivity (Wildman–Crippen MR) is 93.8 cm³/mol. The van der Waals surface area contributed by atoms with E-state index in [1.54, 1.807) is 4.90 Å². The highest BCUT2D eigenvalue weighted by atomic mass is 35.5. The zero-order valence-electron chi connectivity index (χ0n) is 12.4. The largest absolute Gasteiger partial charge is 0.345 e. The van der Waals surface area contributed by atoms with Crippen LogP contribution in [0.3, 0.4) is 0 Å². The minimum atomic E-state index is -3.03. The molecule has 0 aliphatic carbocycles. The van der Waals surface area contributed by atoms with E-state index in [0.717, 1.165) is 0 Å². The molecule has 1 aliphatic rings. The summed E-state index contributed by atoms with van der Waals surface area (Å²) in [5, 5.41) is 14.3. The summed E-state index contributed by atoms with van der Waals surface area (Å²) in [5.74, 6) is 0.208. The second-order valence-electron chi connectivity index (χ2n) is 5.19. The second kappa shape index (κ2) is 6.98. The Balaban J connectivity index is 2.17. The number of thiocarbonyl (C=S) groups is 1. The van der Waals surface area contributed by atoms with Crippen LogP contribution in [0.2, 0.25) is 5.02 Å². The molecular weight excluding hydrogens is 362 g/mol. The summed E-state index contributed by atoms with van der Waals surface area (Å²) in [6.07, 6.45) is 0.515. The predicted octanol–water partition coefficient (Wildman–Crippen LogP) is 2.45. The molecule has 1 fully saturated rings. The van der Waals surface area contributed by atoms with Gasteiger partial charge in [0.05, 0.1) is 27.1 Å². The van der Waals surface area contributed by atoms with Crippen LogP contribution in [-0.4, -0.2) is 47.4 Å². The summed E-state index contributed by atoms with van der Waals surface area (Å²) >= 11 is 11.4. The number of anilines is 1. The Labute approximate surface area is 144 Å². The molecule has 0 aromatic heterocycles. The van der Waals surface area contributed by atoms with E-state index in [1.165, 1.54) is 18.2 Å². The number of nitrogens with one attached hydrogen (secondary N) is 1. The standard InChI is InChI=1S/C13H16ClN3O4S2/c1-2-16(10-5-6-23(20,21)8-10)13(22)15-12-7-9(17(18)19)3-4-11(12)14/h3-4,7,10H,2,5-6,8H2,1H3,(H,15,22)/t10-/m0/s1. The van der Waals surface area contributed by atoms with Gasteiger partial charge in [-0.1, -0.05) is 11.6 Å². The molecule has 0 amide bonds. The lowest BCUT2D eigenvalue weighted by Crippen LogP contribution is -2.43. The van der Waals surface area contributed by atoms with Crippen LogP contribution in [0, 0.1) is 10.1 Å². The first-order valence-electron chi connectivity index (χ1n) is 6.95. The van der Waals surface area contributed by atoms with Crippen molar-refractivity contribution >= 4 is 50.1 Å². The Bertz CT molecular complexity index is 739. The van der Waals surface area contributed by atoms with Crippen LogP contribution in [0.1, 0.15) is 13.3 Å². The molecule has 0 spiro atoms. The molecule has 0 saturated carbocycles. The molecule has 1 N–H and O–H groups in total. The van der Waals surface area contributed by atoms with Crippen LogP contribution in [0.5, 0.6) is 0 Å². The van der Waals surface area contributed by atoms with E-state index in [2.05, 4.69) is 5.32 Å². The van der Waals surface area contributed by atoms with Gasteiger partial charge < -0.3 is 10.2 Å². The third kappa shape index (κ3) is 4.30. The molecule has 10 heteroatoms. The van der Waals surface area contributed by atoms with Gasteiger partial charge in [0, 0.05) is 24.7 Å². The molecule has 2 rings (SSSR count). The molecule has 7 nitrogen and oxygen atoms in total. The van der Waals surface area contributed by atoms with Gasteiger partial charge in [-0.3, -0.25) is 10.1 Å². The maximum absolute atomic E-state index is 11.6. The lowest BCUT2D eigenvalue weighted by Gasteiger charge is -2.29. The van der Waals surface area contributed by atoms with E-state index >= 15 is 0 Å². The van der Waals surface area contributed by atoms with Crippen molar-refractivity contribution < 1.29 is 13.3 Å². The van der Waals surface area contributed by atoms with Gasteiger partial charge >= 0.3 is 0 Å². The molecule has 1 aliphatic heterocycles. The van der Waals surface area contributed by atoms with E-state index < -0.39 is 14.8 Å². The summed E-state index contributed by atoms with van der Waals surface area (Å²) in [4.78, 5) is 12.1. The molecule has 23 heavy (non-hydrogen) atoms. The van der Waals surface area contributed by atoms with Crippen LogP contribution >= 0.6 is 23.8 Å². The Hall–Kier alpha value is -1.45. The first kappa shape index (κ1) is 17.9. The number of non-ortho nitro benzene ring substituents is 1. The van der Waals surface area contributed by atoms with Gasteiger partial charge in [-0.05, 0) is 31.6 Å². The van der Waals surface area contributed by atoms with Crippen molar-refractivity contribution in [2.75, 3.05) is 23.4 Å². The van der Waals surface area contributed by atoms with Gasteiger partial charge in [-0.2, -0.15) is 0 Å². The average molecular weight is 378 g/mol. The highest BCUT2D eigenvalue weighted by Crippen LogP contribution is 2.27. The van der Waals surface area contributed by atoms with Crippen molar-refractivity contribution in [1.82, 2.24) is 4.90 Å². The van der Waals surface area contributed by atoms with Crippen LogP contribution in [0.15, 0.2) is 18.2 Å². The van der Waals surface area contributed by atoms with Crippen molar-refractivity contribution in [3.8, 4) is 0 Å². The number of benzene rings is 1. The van der Waals surface area contributed by atoms with Gasteiger partial charge in [0.2, 0.25) is 0 Å². The normalized spacial score (nSPS) is 19.3. The molecule has 126 valence electrons. The maximum Gasteiger partial charge on any atom is 0.271 e. The van der Waals surface area contributed by atoms with E-state index in [4.69, 9.17) is 23.8 Å². The van der Waals surface area contributed by atoms with Gasteiger partial charge in [-0.15, -0.1) is 0 Å². The van der Waals surface area contributed by atoms with E-state index in [0.29, 0.717) is 28.8 Å². The second-order valence-corrected chi connectivity index (χ2v) is 8.22. The molecular formula is C13H16ClN3O4S2. The quantitative estimate of drug-likeness (QED) is 0.489. The molecule has 1 atom stereocenters. The molecule has 1 heterocycles. The smallest absolute Gasteiger partial charge is 0.271 e. The highest BCUT2D eigenvalue weighted by molar-refractivity contribution is 7.91. The first-order valence-corrected chi connectivity index (χ1v) is 9.56. The number of nitro benzene ring substituents is 1. The fourth-order valence-electron chi connectivity index (χ4n) is 2.50. The average Bonchev–Trinajstić information content (AvgIpc) is 2.81. The van der Waals surface area contributed by atoms with Crippen LogP contribution < -0.4 is 5.32 Å². The lowest BCUT2D eigenvalue weighted by molar-refractivity contribution is -0.384. The van der Waals surface area contributed by atoms with Crippen molar-refractivity contribution in [1.29, 1.82) is 0 Å². The fraction of sp³-hybridized carbons (Fsp3) is 0.462. The molecule has 0 unspecified atom stereocenters. The van der Waals surface area contributed by atoms with Gasteiger partial charge in [-0.25, -0.2) is 8.42 Å². The van der Waals surface area contributed by atoms with E-state index in [1.807, 2.05) is 6.92 Å². The molecule has 1 saturated heterocycles. The number of hydrogen-bond acceptors (Lipinski definition) is 5. The topological polar surface area (TPSA) is 92.5 Å². The maximum atomic E-state index is 11.6. The monoisotopic (exact) mass is 377 g/mol. The van der Waals surface area contributed by atoms with Crippen LogP contribution in [0.4, 0.5) is 11.4 Å². The number of hydrogen-bond donors (Lipinski definition) is 1. The number of nitro groups is 1. The third-order valence-corrected chi connectivity index (χ3v) is 6.07. The zero-order valence-corrected chi connectivity index (χ0v) is 14.7. The molecule has 0 bridgehead atoms. The summed E-state index contributed by atoms with van der Waals surface area (Å²) in [6.45, 7) is 2.40. The van der Waals surface area contributed by atoms with Gasteiger partial charge in [0.1, 0.15) is 0 Å². The number of halogens is 1. The first-order chi connectivity index (χ1) is 10.7. The summed E-state index contributed by atoms with van der Waals surface area (Å²) in [7, 11) is -3.03. The minimum Gasteiger partial charge on any atom is -0.345 e. The van der Waals surface area contributed by atoms with E-state index in [-0.39, 0.29) is 23.2 Å². The van der Waals surface area contributed by atoms with Crippen molar-refractivity contribution in [3.05, 3.63) is 33.3 Å². The Morgan fingerprint density at radius 2 is 2.26 bits per heavy atom. The zero-order chi connectivity index (χ0) is 17.2. The molecule has 0 radical (unpaired) electrons. The molecule has 1 aromatic rings. The Kier molecular flexibility index (Phi) is 5.43. The lowest BCUT2D eigenvalue weighted by atomic mass is 10.2. The number of rotatable bonds is 4. The third-order valence-electron chi connectivity index (χ3n) is 3.65. The van der Waals surface area contributed by atoms with Crippen molar-refractivity contribution in [3.63, 3.8) is 0 Å². The van der Waals surface area contributed by atoms with Crippen molar-refractivity contribution in [2.24, 2.45) is 0 Å². The Morgan fingerprint density at radius 1 is 1.57 bits per heavy atom. The summed E-state index contributed by atoms with van der Waals surface area (Å²) in [5.41, 5.74) is 0.219. The van der Waals surface area contributed by atoms with E-state index in [9.17, 15) is 18.5 Å². The fourth-order valence-corrected chi connectivity index (χ4v) is 4.78. The molecule has 1 aromatic carbocycles. The highest BCUT2D eigenvalue weighted by Gasteiger charge is 2.32. The summed E-state index contributed by atoms with van der Waals surface area (Å²) < 4.78 is 23.3. The Morgan fingerprint density at radius 3 is 2.78 bits per heavy atom. The number of nitrogens with zero attached hydrogens (tertiary/aromatic N) is 2. The van der Waals surface area contributed by atoms with Crippen LogP contribution in [0.25, 0.3) is 0 Å². The SMILES string of the molecule is CCN(C(=S)Nc1cc([N+](=O)[O-])ccc1Cl)[C@H]1CCS(=O)(=O)C1. The van der Waals surface area contributed by atoms with Gasteiger partial charge in [0.15, 0.2) is 14.9 Å². The van der Waals surface area contributed by atoms with Crippen LogP contribution in [-0.2, 0) is 9.84 Å². The summed E-state index contributed by atoms with van der Waals surface area (Å²) in [6, 6.07) is 3.83. The minimum absolute atomic E-state index is 0.0608. The number of sulfone groups is 1.